The number of rotatable bonds is 9. The van der Waals surface area contributed by atoms with Gasteiger partial charge in [0.1, 0.15) is 12.3 Å². The van der Waals surface area contributed by atoms with Crippen molar-refractivity contribution in [3.05, 3.63) is 77.1 Å². The van der Waals surface area contributed by atoms with E-state index in [1.807, 2.05) is 51.1 Å². The first kappa shape index (κ1) is 24.3. The molecule has 2 amide bonds. The Morgan fingerprint density at radius 2 is 1.67 bits per heavy atom. The number of nitrogens with zero attached hydrogens (tertiary/aromatic N) is 3. The minimum Gasteiger partial charge on any atom is -0.497 e. The Morgan fingerprint density at radius 3 is 2.30 bits per heavy atom. The van der Waals surface area contributed by atoms with Crippen molar-refractivity contribution in [2.75, 3.05) is 24.7 Å². The summed E-state index contributed by atoms with van der Waals surface area (Å²) in [6.07, 6.45) is 0. The van der Waals surface area contributed by atoms with Crippen molar-refractivity contribution in [1.29, 1.82) is 0 Å². The number of aromatic nitrogens is 2. The second-order valence-electron chi connectivity index (χ2n) is 7.67. The quantitative estimate of drug-likeness (QED) is 0.378. The lowest BCUT2D eigenvalue weighted by Gasteiger charge is -2.23. The monoisotopic (exact) mass is 464 g/mol. The molecular formula is C25H28N4O3S. The molecule has 0 atom stereocenters. The summed E-state index contributed by atoms with van der Waals surface area (Å²) in [4.78, 5) is 36.2. The van der Waals surface area contributed by atoms with Crippen LogP contribution >= 0.6 is 11.8 Å². The Morgan fingerprint density at radius 1 is 1.00 bits per heavy atom. The molecule has 0 saturated heterocycles. The van der Waals surface area contributed by atoms with Crippen LogP contribution in [0.1, 0.15) is 22.5 Å². The molecule has 1 heterocycles. The minimum absolute atomic E-state index is 0.0620. The normalized spacial score (nSPS) is 10.5. The van der Waals surface area contributed by atoms with E-state index in [0.717, 1.165) is 22.5 Å². The maximum Gasteiger partial charge on any atom is 0.244 e. The number of carbonyl (C=O) groups is 2. The molecule has 0 aliphatic carbocycles. The van der Waals surface area contributed by atoms with E-state index in [9.17, 15) is 9.59 Å². The lowest BCUT2D eigenvalue weighted by atomic mass is 10.1. The van der Waals surface area contributed by atoms with Crippen LogP contribution in [0.25, 0.3) is 0 Å². The molecule has 0 bridgehead atoms. The molecule has 0 aliphatic heterocycles. The van der Waals surface area contributed by atoms with Gasteiger partial charge < -0.3 is 15.0 Å². The number of anilines is 1. The fraction of sp³-hybridized carbons (Fsp3) is 0.280. The first-order chi connectivity index (χ1) is 15.8. The van der Waals surface area contributed by atoms with E-state index >= 15 is 0 Å². The fourth-order valence-electron chi connectivity index (χ4n) is 3.25. The Hall–Kier alpha value is -3.39. The summed E-state index contributed by atoms with van der Waals surface area (Å²) in [5.41, 5.74) is 4.41. The van der Waals surface area contributed by atoms with Crippen molar-refractivity contribution in [3.8, 4) is 5.75 Å². The van der Waals surface area contributed by atoms with E-state index in [4.69, 9.17) is 4.74 Å². The van der Waals surface area contributed by atoms with E-state index in [0.29, 0.717) is 23.1 Å². The molecule has 0 radical (unpaired) electrons. The van der Waals surface area contributed by atoms with Gasteiger partial charge in [-0.15, -0.1) is 0 Å². The van der Waals surface area contributed by atoms with Crippen LogP contribution in [0.15, 0.2) is 59.8 Å². The molecule has 0 fully saturated rings. The summed E-state index contributed by atoms with van der Waals surface area (Å²) in [6.45, 7) is 6.07. The van der Waals surface area contributed by atoms with Crippen LogP contribution in [0.4, 0.5) is 5.69 Å². The highest BCUT2D eigenvalue weighted by molar-refractivity contribution is 7.99. The lowest BCUT2D eigenvalue weighted by molar-refractivity contribution is -0.133. The first-order valence-electron chi connectivity index (χ1n) is 10.6. The first-order valence-corrected chi connectivity index (χ1v) is 11.5. The maximum absolute atomic E-state index is 13.1. The van der Waals surface area contributed by atoms with E-state index < -0.39 is 0 Å². The third-order valence-corrected chi connectivity index (χ3v) is 5.80. The summed E-state index contributed by atoms with van der Waals surface area (Å²) in [7, 11) is 1.59. The van der Waals surface area contributed by atoms with Crippen molar-refractivity contribution in [1.82, 2.24) is 14.9 Å². The number of aryl methyl sites for hydroxylation is 3. The van der Waals surface area contributed by atoms with Crippen molar-refractivity contribution in [2.24, 2.45) is 0 Å². The average molecular weight is 465 g/mol. The van der Waals surface area contributed by atoms with Gasteiger partial charge in [0.2, 0.25) is 11.8 Å². The van der Waals surface area contributed by atoms with Crippen LogP contribution in [-0.2, 0) is 16.1 Å². The van der Waals surface area contributed by atoms with Gasteiger partial charge in [0.15, 0.2) is 5.16 Å². The van der Waals surface area contributed by atoms with Crippen LogP contribution in [0.2, 0.25) is 0 Å². The zero-order valence-electron chi connectivity index (χ0n) is 19.3. The molecule has 172 valence electrons. The van der Waals surface area contributed by atoms with Crippen LogP contribution in [-0.4, -0.2) is 46.1 Å². The van der Waals surface area contributed by atoms with Gasteiger partial charge in [0, 0.05) is 23.6 Å². The number of hydrogen-bond acceptors (Lipinski definition) is 6. The number of hydrogen-bond donors (Lipinski definition) is 1. The number of ether oxygens (including phenoxy) is 1. The second-order valence-corrected chi connectivity index (χ2v) is 8.62. The van der Waals surface area contributed by atoms with Crippen LogP contribution < -0.4 is 10.1 Å². The Kier molecular flexibility index (Phi) is 8.43. The van der Waals surface area contributed by atoms with E-state index in [-0.39, 0.29) is 24.1 Å². The summed E-state index contributed by atoms with van der Waals surface area (Å²) in [6, 6.07) is 16.8. The second kappa shape index (κ2) is 11.5. The zero-order valence-corrected chi connectivity index (χ0v) is 20.1. The third-order valence-electron chi connectivity index (χ3n) is 4.97. The molecular weight excluding hydrogens is 436 g/mol. The third kappa shape index (κ3) is 7.32. The molecule has 3 aromatic rings. The summed E-state index contributed by atoms with van der Waals surface area (Å²) < 4.78 is 5.15. The molecule has 8 heteroatoms. The Bertz CT molecular complexity index is 1100. The van der Waals surface area contributed by atoms with Crippen molar-refractivity contribution in [3.63, 3.8) is 0 Å². The van der Waals surface area contributed by atoms with Gasteiger partial charge in [-0.25, -0.2) is 9.97 Å². The molecule has 0 aliphatic rings. The number of thioether (sulfide) groups is 1. The fourth-order valence-corrected chi connectivity index (χ4v) is 4.10. The molecule has 1 N–H and O–H groups in total. The van der Waals surface area contributed by atoms with Crippen LogP contribution in [0.5, 0.6) is 5.75 Å². The van der Waals surface area contributed by atoms with Gasteiger partial charge in [0.25, 0.3) is 0 Å². The molecule has 2 aromatic carbocycles. The number of amides is 2. The van der Waals surface area contributed by atoms with Gasteiger partial charge in [-0.1, -0.05) is 36.0 Å². The van der Waals surface area contributed by atoms with Gasteiger partial charge in [-0.2, -0.15) is 0 Å². The minimum atomic E-state index is -0.269. The summed E-state index contributed by atoms with van der Waals surface area (Å²) >= 11 is 1.28. The topological polar surface area (TPSA) is 84.4 Å². The van der Waals surface area contributed by atoms with Gasteiger partial charge in [0.05, 0.1) is 12.9 Å². The van der Waals surface area contributed by atoms with E-state index in [1.165, 1.54) is 11.8 Å². The molecule has 0 saturated carbocycles. The highest BCUT2D eigenvalue weighted by Gasteiger charge is 2.19. The standard InChI is InChI=1S/C25H28N4O3S/c1-17-7-5-6-8-20(17)14-29(15-23(30)28-21-9-11-22(32-4)12-10-21)24(31)16-33-25-26-18(2)13-19(3)27-25/h5-13H,14-16H2,1-4H3,(H,28,30). The van der Waals surface area contributed by atoms with E-state index in [2.05, 4.69) is 15.3 Å². The van der Waals surface area contributed by atoms with Gasteiger partial charge >= 0.3 is 0 Å². The van der Waals surface area contributed by atoms with Gasteiger partial charge in [-0.3, -0.25) is 9.59 Å². The molecule has 0 unspecified atom stereocenters. The number of nitrogens with one attached hydrogen (secondary N) is 1. The largest absolute Gasteiger partial charge is 0.497 e. The van der Waals surface area contributed by atoms with Crippen molar-refractivity contribution in [2.45, 2.75) is 32.5 Å². The lowest BCUT2D eigenvalue weighted by Crippen LogP contribution is -2.38. The highest BCUT2D eigenvalue weighted by Crippen LogP contribution is 2.18. The molecule has 3 rings (SSSR count). The summed E-state index contributed by atoms with van der Waals surface area (Å²) in [5, 5.41) is 3.40. The number of carbonyl (C=O) groups excluding carboxylic acids is 2. The molecule has 1 aromatic heterocycles. The predicted molar refractivity (Wildman–Crippen MR) is 130 cm³/mol. The highest BCUT2D eigenvalue weighted by atomic mass is 32.2. The maximum atomic E-state index is 13.1. The Labute approximate surface area is 198 Å². The van der Waals surface area contributed by atoms with Gasteiger partial charge in [-0.05, 0) is 62.2 Å². The Balaban J connectivity index is 1.71. The SMILES string of the molecule is COc1ccc(NC(=O)CN(Cc2ccccc2C)C(=O)CSc2nc(C)cc(C)n2)cc1. The number of methoxy groups -OCH3 is 1. The molecule has 0 spiro atoms. The number of benzene rings is 2. The van der Waals surface area contributed by atoms with E-state index in [1.54, 1.807) is 36.3 Å². The zero-order chi connectivity index (χ0) is 23.8. The predicted octanol–water partition coefficient (Wildman–Crippen LogP) is 4.17. The summed E-state index contributed by atoms with van der Waals surface area (Å²) in [5.74, 6) is 0.422. The van der Waals surface area contributed by atoms with Crippen LogP contribution in [0, 0.1) is 20.8 Å². The molecule has 7 nitrogen and oxygen atoms in total. The van der Waals surface area contributed by atoms with Crippen LogP contribution in [0.3, 0.4) is 0 Å². The smallest absolute Gasteiger partial charge is 0.244 e. The van der Waals surface area contributed by atoms with Crippen molar-refractivity contribution >= 4 is 29.3 Å². The molecule has 33 heavy (non-hydrogen) atoms. The average Bonchev–Trinajstić information content (AvgIpc) is 2.78. The van der Waals surface area contributed by atoms with Crippen molar-refractivity contribution < 1.29 is 14.3 Å².